The van der Waals surface area contributed by atoms with Crippen molar-refractivity contribution in [3.63, 3.8) is 0 Å². The molecule has 1 aliphatic rings. The monoisotopic (exact) mass is 420 g/mol. The van der Waals surface area contributed by atoms with E-state index in [1.807, 2.05) is 36.4 Å². The molecule has 2 N–H and O–H groups in total. The third-order valence-electron chi connectivity index (χ3n) is 5.15. The molecule has 0 saturated carbocycles. The van der Waals surface area contributed by atoms with Crippen molar-refractivity contribution in [2.45, 2.75) is 25.3 Å². The van der Waals surface area contributed by atoms with Crippen LogP contribution in [0.4, 0.5) is 4.79 Å². The van der Waals surface area contributed by atoms with Crippen molar-refractivity contribution < 1.29 is 24.2 Å². The number of terminal acetylenes is 1. The summed E-state index contributed by atoms with van der Waals surface area (Å²) in [6.07, 6.45) is 4.48. The number of hydrogen-bond acceptors (Lipinski definition) is 4. The molecule has 0 bridgehead atoms. The lowest BCUT2D eigenvalue weighted by Crippen LogP contribution is -2.41. The average molecular weight is 420 g/mol. The molecule has 160 valence electrons. The minimum atomic E-state index is -1.15. The Hall–Kier alpha value is -3.79. The van der Waals surface area contributed by atoms with Gasteiger partial charge < -0.3 is 20.1 Å². The fourth-order valence-corrected chi connectivity index (χ4v) is 3.79. The van der Waals surface area contributed by atoms with Crippen molar-refractivity contribution in [2.75, 3.05) is 19.7 Å². The lowest BCUT2D eigenvalue weighted by Gasteiger charge is -2.21. The first-order valence-electron chi connectivity index (χ1n) is 9.95. The Morgan fingerprint density at radius 1 is 1.13 bits per heavy atom. The summed E-state index contributed by atoms with van der Waals surface area (Å²) in [5.41, 5.74) is 4.49. The van der Waals surface area contributed by atoms with Gasteiger partial charge in [0.2, 0.25) is 5.91 Å². The lowest BCUT2D eigenvalue weighted by atomic mass is 9.98. The standard InChI is InChI=1S/C24H24N2O5/c1-3-12-26(14-23(28)29)22(27)13-16(2)25-24(30)31-15-21-19-10-6-4-8-17(19)18-9-5-7-11-20(18)21/h1,4-11,16,21H,12-15H2,2H3,(H,25,30)(H,28,29). The van der Waals surface area contributed by atoms with Gasteiger partial charge in [-0.3, -0.25) is 9.59 Å². The summed E-state index contributed by atoms with van der Waals surface area (Å²) >= 11 is 0. The topological polar surface area (TPSA) is 95.9 Å². The van der Waals surface area contributed by atoms with Gasteiger partial charge in [0.05, 0.1) is 6.54 Å². The summed E-state index contributed by atoms with van der Waals surface area (Å²) in [6, 6.07) is 15.5. The first kappa shape index (κ1) is 21.9. The minimum Gasteiger partial charge on any atom is -0.480 e. The lowest BCUT2D eigenvalue weighted by molar-refractivity contribution is -0.144. The van der Waals surface area contributed by atoms with Crippen LogP contribution in [0, 0.1) is 12.3 Å². The Kier molecular flexibility index (Phi) is 6.93. The second-order valence-corrected chi connectivity index (χ2v) is 7.42. The number of nitrogens with zero attached hydrogens (tertiary/aromatic N) is 1. The zero-order valence-electron chi connectivity index (χ0n) is 17.2. The second-order valence-electron chi connectivity index (χ2n) is 7.42. The molecule has 7 nitrogen and oxygen atoms in total. The van der Waals surface area contributed by atoms with Crippen molar-refractivity contribution in [1.29, 1.82) is 0 Å². The predicted molar refractivity (Wildman–Crippen MR) is 115 cm³/mol. The fourth-order valence-electron chi connectivity index (χ4n) is 3.79. The van der Waals surface area contributed by atoms with Crippen LogP contribution in [0.3, 0.4) is 0 Å². The van der Waals surface area contributed by atoms with E-state index in [4.69, 9.17) is 16.3 Å². The van der Waals surface area contributed by atoms with Crippen LogP contribution in [-0.4, -0.2) is 53.7 Å². The molecule has 1 unspecified atom stereocenters. The number of carboxylic acid groups (broad SMARTS) is 1. The summed E-state index contributed by atoms with van der Waals surface area (Å²) in [6.45, 7) is 1.22. The van der Waals surface area contributed by atoms with Crippen LogP contribution in [0.25, 0.3) is 11.1 Å². The van der Waals surface area contributed by atoms with Crippen LogP contribution < -0.4 is 5.32 Å². The molecule has 0 saturated heterocycles. The molecular formula is C24H24N2O5. The number of amides is 2. The van der Waals surface area contributed by atoms with Gasteiger partial charge in [0, 0.05) is 18.4 Å². The molecular weight excluding hydrogens is 396 g/mol. The Labute approximate surface area is 181 Å². The highest BCUT2D eigenvalue weighted by atomic mass is 16.5. The number of carboxylic acids is 1. The number of ether oxygens (including phenoxy) is 1. The second kappa shape index (κ2) is 9.81. The minimum absolute atomic E-state index is 0.0585. The van der Waals surface area contributed by atoms with E-state index in [1.54, 1.807) is 6.92 Å². The number of hydrogen-bond donors (Lipinski definition) is 2. The van der Waals surface area contributed by atoms with E-state index >= 15 is 0 Å². The van der Waals surface area contributed by atoms with Crippen LogP contribution in [0.15, 0.2) is 48.5 Å². The van der Waals surface area contributed by atoms with Crippen molar-refractivity contribution in [3.05, 3.63) is 59.7 Å². The zero-order chi connectivity index (χ0) is 22.4. The smallest absolute Gasteiger partial charge is 0.407 e. The van der Waals surface area contributed by atoms with E-state index in [-0.39, 0.29) is 25.5 Å². The van der Waals surface area contributed by atoms with Gasteiger partial charge in [0.15, 0.2) is 0 Å². The maximum atomic E-state index is 12.3. The Balaban J connectivity index is 1.56. The number of alkyl carbamates (subject to hydrolysis) is 1. The molecule has 0 aliphatic heterocycles. The predicted octanol–water partition coefficient (Wildman–Crippen LogP) is 2.85. The van der Waals surface area contributed by atoms with Gasteiger partial charge in [-0.15, -0.1) is 6.42 Å². The van der Waals surface area contributed by atoms with Crippen molar-refractivity contribution in [1.82, 2.24) is 10.2 Å². The van der Waals surface area contributed by atoms with Gasteiger partial charge >= 0.3 is 12.1 Å². The number of nitrogens with one attached hydrogen (secondary N) is 1. The Morgan fingerprint density at radius 3 is 2.26 bits per heavy atom. The van der Waals surface area contributed by atoms with E-state index in [0.717, 1.165) is 27.2 Å². The first-order valence-corrected chi connectivity index (χ1v) is 9.95. The Bertz CT molecular complexity index is 981. The van der Waals surface area contributed by atoms with Crippen LogP contribution in [0.1, 0.15) is 30.4 Å². The first-order chi connectivity index (χ1) is 14.9. The number of rotatable bonds is 8. The van der Waals surface area contributed by atoms with Crippen molar-refractivity contribution >= 4 is 18.0 Å². The van der Waals surface area contributed by atoms with Crippen molar-refractivity contribution in [3.8, 4) is 23.5 Å². The zero-order valence-corrected chi connectivity index (χ0v) is 17.2. The molecule has 1 aliphatic carbocycles. The van der Waals surface area contributed by atoms with E-state index in [2.05, 4.69) is 23.4 Å². The highest BCUT2D eigenvalue weighted by Gasteiger charge is 2.29. The number of fused-ring (bicyclic) bond motifs is 3. The van der Waals surface area contributed by atoms with Gasteiger partial charge in [-0.2, -0.15) is 0 Å². The molecule has 3 rings (SSSR count). The molecule has 0 radical (unpaired) electrons. The summed E-state index contributed by atoms with van der Waals surface area (Å²) in [7, 11) is 0. The maximum Gasteiger partial charge on any atom is 0.407 e. The molecule has 2 amide bonds. The molecule has 31 heavy (non-hydrogen) atoms. The maximum absolute atomic E-state index is 12.3. The van der Waals surface area contributed by atoms with Gasteiger partial charge in [-0.1, -0.05) is 54.5 Å². The quantitative estimate of drug-likeness (QED) is 0.641. The number of carbonyl (C=O) groups excluding carboxylic acids is 2. The van der Waals surface area contributed by atoms with Crippen LogP contribution in [-0.2, 0) is 14.3 Å². The molecule has 0 spiro atoms. The summed E-state index contributed by atoms with van der Waals surface area (Å²) in [5.74, 6) is 0.603. The molecule has 7 heteroatoms. The van der Waals surface area contributed by atoms with E-state index in [1.165, 1.54) is 0 Å². The highest BCUT2D eigenvalue weighted by molar-refractivity contribution is 5.82. The molecule has 2 aromatic carbocycles. The van der Waals surface area contributed by atoms with Gasteiger partial charge in [-0.25, -0.2) is 4.79 Å². The summed E-state index contributed by atoms with van der Waals surface area (Å²) in [4.78, 5) is 36.5. The Morgan fingerprint density at radius 2 is 1.71 bits per heavy atom. The third kappa shape index (κ3) is 5.23. The number of carbonyl (C=O) groups is 3. The average Bonchev–Trinajstić information content (AvgIpc) is 3.05. The van der Waals surface area contributed by atoms with E-state index in [9.17, 15) is 14.4 Å². The SMILES string of the molecule is C#CCN(CC(=O)O)C(=O)CC(C)NC(=O)OCC1c2ccccc2-c2ccccc21. The number of aliphatic carboxylic acids is 1. The molecule has 2 aromatic rings. The van der Waals surface area contributed by atoms with Gasteiger partial charge in [0.1, 0.15) is 13.2 Å². The molecule has 0 aromatic heterocycles. The largest absolute Gasteiger partial charge is 0.480 e. The van der Waals surface area contributed by atoms with Crippen LogP contribution in [0.2, 0.25) is 0 Å². The third-order valence-corrected chi connectivity index (χ3v) is 5.15. The highest BCUT2D eigenvalue weighted by Crippen LogP contribution is 2.44. The van der Waals surface area contributed by atoms with Crippen LogP contribution in [0.5, 0.6) is 0 Å². The van der Waals surface area contributed by atoms with Gasteiger partial charge in [-0.05, 0) is 29.2 Å². The van der Waals surface area contributed by atoms with Gasteiger partial charge in [0.25, 0.3) is 0 Å². The fraction of sp³-hybridized carbons (Fsp3) is 0.292. The van der Waals surface area contributed by atoms with E-state index < -0.39 is 30.6 Å². The molecule has 1 atom stereocenters. The van der Waals surface area contributed by atoms with Crippen molar-refractivity contribution in [2.24, 2.45) is 0 Å². The summed E-state index contributed by atoms with van der Waals surface area (Å²) in [5, 5.41) is 11.5. The normalized spacial score (nSPS) is 12.8. The number of benzene rings is 2. The molecule has 0 fully saturated rings. The van der Waals surface area contributed by atoms with E-state index in [0.29, 0.717) is 0 Å². The molecule has 0 heterocycles. The van der Waals surface area contributed by atoms with Crippen LogP contribution >= 0.6 is 0 Å². The summed E-state index contributed by atoms with van der Waals surface area (Å²) < 4.78 is 5.46.